The van der Waals surface area contributed by atoms with E-state index < -0.39 is 10.0 Å². The van der Waals surface area contributed by atoms with E-state index in [9.17, 15) is 13.2 Å². The Morgan fingerprint density at radius 1 is 1.10 bits per heavy atom. The predicted molar refractivity (Wildman–Crippen MR) is 121 cm³/mol. The molecule has 1 aliphatic heterocycles. The van der Waals surface area contributed by atoms with Crippen molar-refractivity contribution in [1.82, 2.24) is 4.90 Å². The Balaban J connectivity index is 1.68. The average molecular weight is 501 g/mol. The summed E-state index contributed by atoms with van der Waals surface area (Å²) in [5.74, 6) is -0.208. The van der Waals surface area contributed by atoms with Gasteiger partial charge in [0.15, 0.2) is 0 Å². The molecular weight excluding hydrogens is 478 g/mol. The number of carbonyl (C=O) groups excluding carboxylic acids is 1. The summed E-state index contributed by atoms with van der Waals surface area (Å²) in [6.07, 6.45) is 1.11. The minimum Gasteiger partial charge on any atom is -0.368 e. The first kappa shape index (κ1) is 21.9. The fourth-order valence-corrected chi connectivity index (χ4v) is 4.63. The van der Waals surface area contributed by atoms with Crippen molar-refractivity contribution in [2.75, 3.05) is 48.2 Å². The molecule has 0 aliphatic carbocycles. The van der Waals surface area contributed by atoms with E-state index in [0.29, 0.717) is 36.9 Å². The molecule has 3 rings (SSSR count). The first-order chi connectivity index (χ1) is 13.6. The van der Waals surface area contributed by atoms with E-state index in [2.05, 4.69) is 20.8 Å². The lowest BCUT2D eigenvalue weighted by molar-refractivity contribution is -0.129. The molecule has 1 fully saturated rings. The fourth-order valence-electron chi connectivity index (χ4n) is 3.35. The van der Waals surface area contributed by atoms with Gasteiger partial charge in [-0.25, -0.2) is 8.42 Å². The van der Waals surface area contributed by atoms with Gasteiger partial charge >= 0.3 is 0 Å². The monoisotopic (exact) mass is 499 g/mol. The number of hydrogen-bond donors (Lipinski definition) is 0. The van der Waals surface area contributed by atoms with Gasteiger partial charge in [0.1, 0.15) is 6.54 Å². The quantitative estimate of drug-likeness (QED) is 0.630. The zero-order chi connectivity index (χ0) is 21.2. The Kier molecular flexibility index (Phi) is 6.76. The summed E-state index contributed by atoms with van der Waals surface area (Å²) in [5.41, 5.74) is 2.67. The van der Waals surface area contributed by atoms with E-state index in [1.165, 1.54) is 0 Å². The summed E-state index contributed by atoms with van der Waals surface area (Å²) in [6.45, 7) is 4.22. The van der Waals surface area contributed by atoms with Crippen molar-refractivity contribution in [2.45, 2.75) is 6.92 Å². The van der Waals surface area contributed by atoms with Crippen LogP contribution in [-0.2, 0) is 14.8 Å². The number of halogens is 2. The summed E-state index contributed by atoms with van der Waals surface area (Å²) in [4.78, 5) is 16.7. The molecule has 0 atom stereocenters. The summed E-state index contributed by atoms with van der Waals surface area (Å²) in [6, 6.07) is 12.7. The van der Waals surface area contributed by atoms with Crippen LogP contribution in [0.1, 0.15) is 5.56 Å². The van der Waals surface area contributed by atoms with E-state index in [0.717, 1.165) is 26.3 Å². The molecule has 9 heteroatoms. The zero-order valence-corrected chi connectivity index (χ0v) is 19.5. The molecule has 0 bridgehead atoms. The minimum atomic E-state index is -3.58. The molecule has 1 aliphatic rings. The lowest BCUT2D eigenvalue weighted by Crippen LogP contribution is -2.52. The number of hydrogen-bond acceptors (Lipinski definition) is 4. The lowest BCUT2D eigenvalue weighted by Gasteiger charge is -2.37. The van der Waals surface area contributed by atoms with Gasteiger partial charge < -0.3 is 9.80 Å². The number of aryl methyl sites for hydroxylation is 1. The number of carbonyl (C=O) groups is 1. The van der Waals surface area contributed by atoms with Crippen molar-refractivity contribution in [3.8, 4) is 0 Å². The maximum Gasteiger partial charge on any atom is 0.243 e. The largest absolute Gasteiger partial charge is 0.368 e. The minimum absolute atomic E-state index is 0.208. The second kappa shape index (κ2) is 8.93. The molecule has 0 radical (unpaired) electrons. The number of sulfonamides is 1. The van der Waals surface area contributed by atoms with Gasteiger partial charge in [0.2, 0.25) is 15.9 Å². The van der Waals surface area contributed by atoms with Crippen LogP contribution in [-0.4, -0.2) is 58.2 Å². The van der Waals surface area contributed by atoms with Gasteiger partial charge in [-0.3, -0.25) is 9.10 Å². The number of piperazine rings is 1. The van der Waals surface area contributed by atoms with E-state index in [1.807, 2.05) is 25.1 Å². The molecule has 6 nitrogen and oxygen atoms in total. The number of nitrogens with zero attached hydrogens (tertiary/aromatic N) is 3. The maximum atomic E-state index is 12.8. The van der Waals surface area contributed by atoms with E-state index in [1.54, 1.807) is 29.2 Å². The SMILES string of the molecule is Cc1ccc(Cl)cc1N1CCN(C(=O)CN(c2ccc(Br)cc2)S(C)(=O)=O)CC1. The molecule has 1 amide bonds. The van der Waals surface area contributed by atoms with Gasteiger partial charge in [-0.15, -0.1) is 0 Å². The number of benzene rings is 2. The van der Waals surface area contributed by atoms with E-state index >= 15 is 0 Å². The molecule has 2 aromatic rings. The average Bonchev–Trinajstić information content (AvgIpc) is 2.68. The molecule has 1 saturated heterocycles. The van der Waals surface area contributed by atoms with Crippen molar-refractivity contribution in [2.24, 2.45) is 0 Å². The number of anilines is 2. The van der Waals surface area contributed by atoms with Gasteiger partial charge in [0, 0.05) is 41.4 Å². The van der Waals surface area contributed by atoms with Crippen LogP contribution in [0.25, 0.3) is 0 Å². The van der Waals surface area contributed by atoms with Crippen LogP contribution >= 0.6 is 27.5 Å². The molecule has 0 aromatic heterocycles. The van der Waals surface area contributed by atoms with Crippen LogP contribution < -0.4 is 9.21 Å². The normalized spacial score (nSPS) is 14.8. The molecule has 0 spiro atoms. The van der Waals surface area contributed by atoms with Crippen LogP contribution in [0.4, 0.5) is 11.4 Å². The standard InChI is InChI=1S/C20H23BrClN3O3S/c1-15-3-6-17(22)13-19(15)23-9-11-24(12-10-23)20(26)14-25(29(2,27)28)18-7-4-16(21)5-8-18/h3-8,13H,9-12,14H2,1-2H3. The highest BCUT2D eigenvalue weighted by Gasteiger charge is 2.27. The number of rotatable bonds is 5. The Morgan fingerprint density at radius 3 is 2.31 bits per heavy atom. The van der Waals surface area contributed by atoms with Gasteiger partial charge in [-0.2, -0.15) is 0 Å². The van der Waals surface area contributed by atoms with E-state index in [-0.39, 0.29) is 12.5 Å². The Morgan fingerprint density at radius 2 is 1.72 bits per heavy atom. The summed E-state index contributed by atoms with van der Waals surface area (Å²) >= 11 is 9.46. The second-order valence-electron chi connectivity index (χ2n) is 7.04. The van der Waals surface area contributed by atoms with Crippen molar-refractivity contribution in [3.63, 3.8) is 0 Å². The Bertz CT molecular complexity index is 991. The van der Waals surface area contributed by atoms with Crippen molar-refractivity contribution in [3.05, 3.63) is 57.5 Å². The molecular formula is C20H23BrClN3O3S. The lowest BCUT2D eigenvalue weighted by atomic mass is 10.1. The van der Waals surface area contributed by atoms with Crippen LogP contribution in [0.2, 0.25) is 5.02 Å². The van der Waals surface area contributed by atoms with Gasteiger partial charge in [0.05, 0.1) is 11.9 Å². The van der Waals surface area contributed by atoms with Gasteiger partial charge in [-0.05, 0) is 48.9 Å². The summed E-state index contributed by atoms with van der Waals surface area (Å²) in [5, 5.41) is 0.683. The highest BCUT2D eigenvalue weighted by Crippen LogP contribution is 2.26. The third kappa shape index (κ3) is 5.43. The maximum absolute atomic E-state index is 12.8. The second-order valence-corrected chi connectivity index (χ2v) is 10.3. The van der Waals surface area contributed by atoms with Gasteiger partial charge in [-0.1, -0.05) is 33.6 Å². The van der Waals surface area contributed by atoms with Crippen molar-refractivity contribution >= 4 is 54.8 Å². The zero-order valence-electron chi connectivity index (χ0n) is 16.3. The highest BCUT2D eigenvalue weighted by molar-refractivity contribution is 9.10. The molecule has 1 heterocycles. The molecule has 29 heavy (non-hydrogen) atoms. The first-order valence-corrected chi connectivity index (χ1v) is 12.2. The van der Waals surface area contributed by atoms with E-state index in [4.69, 9.17) is 11.6 Å². The number of amides is 1. The molecule has 2 aromatic carbocycles. The Labute approximate surface area is 185 Å². The third-order valence-corrected chi connectivity index (χ3v) is 6.84. The topological polar surface area (TPSA) is 60.9 Å². The first-order valence-electron chi connectivity index (χ1n) is 9.17. The summed E-state index contributed by atoms with van der Waals surface area (Å²) in [7, 11) is -3.58. The summed E-state index contributed by atoms with van der Waals surface area (Å²) < 4.78 is 26.5. The van der Waals surface area contributed by atoms with Crippen LogP contribution in [0.15, 0.2) is 46.9 Å². The van der Waals surface area contributed by atoms with Crippen LogP contribution in [0.3, 0.4) is 0 Å². The van der Waals surface area contributed by atoms with Crippen molar-refractivity contribution < 1.29 is 13.2 Å². The smallest absolute Gasteiger partial charge is 0.243 e. The van der Waals surface area contributed by atoms with Crippen LogP contribution in [0, 0.1) is 6.92 Å². The molecule has 0 N–H and O–H groups in total. The molecule has 0 saturated carbocycles. The van der Waals surface area contributed by atoms with Crippen LogP contribution in [0.5, 0.6) is 0 Å². The highest BCUT2D eigenvalue weighted by atomic mass is 79.9. The predicted octanol–water partition coefficient (Wildman–Crippen LogP) is 3.53. The Hall–Kier alpha value is -1.77. The molecule has 156 valence electrons. The fraction of sp³-hybridized carbons (Fsp3) is 0.350. The molecule has 0 unspecified atom stereocenters. The third-order valence-electron chi connectivity index (χ3n) is 4.94. The van der Waals surface area contributed by atoms with Gasteiger partial charge in [0.25, 0.3) is 0 Å². The van der Waals surface area contributed by atoms with Crippen molar-refractivity contribution in [1.29, 1.82) is 0 Å².